The topological polar surface area (TPSA) is 94.3 Å². The largest absolute Gasteiger partial charge is 1.00 e. The number of anilines is 2. The Morgan fingerprint density at radius 3 is 2.93 bits per heavy atom. The quantitative estimate of drug-likeness (QED) is 0.411. The lowest BCUT2D eigenvalue weighted by Gasteiger charge is -2.12. The van der Waals surface area contributed by atoms with Gasteiger partial charge in [0.15, 0.2) is 0 Å². The van der Waals surface area contributed by atoms with E-state index in [1.807, 2.05) is 19.1 Å². The van der Waals surface area contributed by atoms with Crippen LogP contribution in [0.2, 0.25) is 0 Å². The molecule has 7 nitrogen and oxygen atoms in total. The molecule has 0 saturated carbocycles. The number of aryl methyl sites for hydroxylation is 1. The Bertz CT molecular complexity index is 1150. The Hall–Kier alpha value is -2.90. The molecule has 3 aromatic heterocycles. The molecule has 138 valence electrons. The normalized spacial score (nSPS) is 14.2. The summed E-state index contributed by atoms with van der Waals surface area (Å²) in [7, 11) is 0. The number of halogens is 1. The minimum atomic E-state index is 0. The lowest BCUT2D eigenvalue weighted by atomic mass is 10.1. The van der Waals surface area contributed by atoms with Gasteiger partial charge >= 0.3 is 1.43 Å². The first-order valence-corrected chi connectivity index (χ1v) is 8.73. The summed E-state index contributed by atoms with van der Waals surface area (Å²) in [4.78, 5) is 12.3. The van der Waals surface area contributed by atoms with Gasteiger partial charge in [0.25, 0.3) is 0 Å². The van der Waals surface area contributed by atoms with Gasteiger partial charge < -0.3 is 28.0 Å². The molecule has 0 atom stereocenters. The van der Waals surface area contributed by atoms with Gasteiger partial charge in [-0.15, -0.1) is 0 Å². The van der Waals surface area contributed by atoms with Gasteiger partial charge in [0.2, 0.25) is 0 Å². The van der Waals surface area contributed by atoms with Crippen molar-refractivity contribution in [2.75, 3.05) is 18.4 Å². The molecule has 0 radical (unpaired) electrons. The fraction of sp³-hybridized carbons (Fsp3) is 0.211. The summed E-state index contributed by atoms with van der Waals surface area (Å²) in [6, 6.07) is 8.27. The van der Waals surface area contributed by atoms with Crippen LogP contribution in [0.4, 0.5) is 11.5 Å². The number of fused-ring (bicyclic) bond motifs is 2. The molecule has 27 heavy (non-hydrogen) atoms. The van der Waals surface area contributed by atoms with E-state index in [9.17, 15) is 0 Å². The highest BCUT2D eigenvalue weighted by atomic mass is 35.5. The Labute approximate surface area is 163 Å². The van der Waals surface area contributed by atoms with E-state index in [0.29, 0.717) is 0 Å². The van der Waals surface area contributed by atoms with Crippen molar-refractivity contribution in [1.82, 2.24) is 30.5 Å². The highest BCUT2D eigenvalue weighted by Crippen LogP contribution is 2.29. The van der Waals surface area contributed by atoms with Crippen LogP contribution in [0, 0.1) is 6.92 Å². The number of aromatic amines is 2. The maximum Gasteiger partial charge on any atom is 1.00 e. The lowest BCUT2D eigenvalue weighted by molar-refractivity contribution is -0.00000550. The van der Waals surface area contributed by atoms with Gasteiger partial charge in [-0.3, -0.25) is 5.10 Å². The van der Waals surface area contributed by atoms with E-state index in [4.69, 9.17) is 0 Å². The first-order chi connectivity index (χ1) is 12.8. The zero-order chi connectivity index (χ0) is 17.5. The molecule has 1 aromatic carbocycles. The van der Waals surface area contributed by atoms with E-state index in [1.165, 1.54) is 5.57 Å². The zero-order valence-electron chi connectivity index (χ0n) is 15.8. The molecule has 1 aliphatic heterocycles. The van der Waals surface area contributed by atoms with Crippen LogP contribution in [0.3, 0.4) is 0 Å². The molecule has 0 fully saturated rings. The fourth-order valence-corrected chi connectivity index (χ4v) is 3.44. The van der Waals surface area contributed by atoms with E-state index in [-0.39, 0.29) is 13.8 Å². The second-order valence-electron chi connectivity index (χ2n) is 6.55. The van der Waals surface area contributed by atoms with E-state index >= 15 is 0 Å². The molecule has 0 unspecified atom stereocenters. The summed E-state index contributed by atoms with van der Waals surface area (Å²) < 4.78 is 0. The molecule has 0 bridgehead atoms. The van der Waals surface area contributed by atoms with Crippen LogP contribution in [0.5, 0.6) is 0 Å². The molecule has 1 aliphatic rings. The first kappa shape index (κ1) is 17.5. The predicted molar refractivity (Wildman–Crippen MR) is 105 cm³/mol. The number of aromatic nitrogens is 5. The van der Waals surface area contributed by atoms with Crippen molar-refractivity contribution < 1.29 is 13.8 Å². The van der Waals surface area contributed by atoms with Crippen LogP contribution < -0.4 is 23.0 Å². The summed E-state index contributed by atoms with van der Waals surface area (Å²) in [5, 5.41) is 16.1. The number of rotatable bonds is 3. The van der Waals surface area contributed by atoms with Crippen LogP contribution in [0.15, 0.2) is 36.7 Å². The van der Waals surface area contributed by atoms with Gasteiger partial charge in [-0.25, -0.2) is 9.97 Å². The van der Waals surface area contributed by atoms with Gasteiger partial charge in [-0.2, -0.15) is 5.10 Å². The molecule has 0 aliphatic carbocycles. The molecular weight excluding hydrogens is 362 g/mol. The monoisotopic (exact) mass is 381 g/mol. The Morgan fingerprint density at radius 1 is 1.15 bits per heavy atom. The Kier molecular flexibility index (Phi) is 4.55. The van der Waals surface area contributed by atoms with Crippen LogP contribution in [0.25, 0.3) is 27.5 Å². The van der Waals surface area contributed by atoms with E-state index in [0.717, 1.165) is 64.3 Å². The highest BCUT2D eigenvalue weighted by molar-refractivity contribution is 5.93. The third-order valence-electron chi connectivity index (χ3n) is 4.85. The summed E-state index contributed by atoms with van der Waals surface area (Å²) in [5.74, 6) is 0.799. The Morgan fingerprint density at radius 2 is 2.07 bits per heavy atom. The van der Waals surface area contributed by atoms with Gasteiger partial charge in [0.1, 0.15) is 17.8 Å². The van der Waals surface area contributed by atoms with Crippen molar-refractivity contribution in [2.45, 2.75) is 13.3 Å². The molecule has 0 saturated heterocycles. The van der Waals surface area contributed by atoms with Crippen molar-refractivity contribution in [3.8, 4) is 0 Å². The average Bonchev–Trinajstić information content (AvgIpc) is 3.27. The van der Waals surface area contributed by atoms with E-state index in [2.05, 4.69) is 54.0 Å². The van der Waals surface area contributed by atoms with Gasteiger partial charge in [-0.1, -0.05) is 6.08 Å². The summed E-state index contributed by atoms with van der Waals surface area (Å²) >= 11 is 0. The van der Waals surface area contributed by atoms with Gasteiger partial charge in [0, 0.05) is 23.3 Å². The van der Waals surface area contributed by atoms with Gasteiger partial charge in [0.05, 0.1) is 16.6 Å². The third-order valence-corrected chi connectivity index (χ3v) is 4.85. The predicted octanol–water partition coefficient (Wildman–Crippen LogP) is 0.379. The van der Waals surface area contributed by atoms with Crippen molar-refractivity contribution in [3.63, 3.8) is 0 Å². The number of hydrogen-bond donors (Lipinski definition) is 4. The molecule has 5 rings (SSSR count). The van der Waals surface area contributed by atoms with Crippen molar-refractivity contribution >= 4 is 39.0 Å². The highest BCUT2D eigenvalue weighted by Gasteiger charge is 2.13. The van der Waals surface area contributed by atoms with Gasteiger partial charge in [-0.05, 0) is 49.7 Å². The summed E-state index contributed by atoms with van der Waals surface area (Å²) in [6.45, 7) is 3.91. The van der Waals surface area contributed by atoms with Crippen LogP contribution in [0.1, 0.15) is 19.2 Å². The number of hydrogen-bond acceptors (Lipinski definition) is 5. The number of H-pyrrole nitrogens is 2. The molecular formula is C19H20ClN7. The van der Waals surface area contributed by atoms with Crippen molar-refractivity contribution in [3.05, 3.63) is 48.1 Å². The first-order valence-electron chi connectivity index (χ1n) is 8.73. The third kappa shape index (κ3) is 3.15. The minimum Gasteiger partial charge on any atom is -1.00 e. The maximum absolute atomic E-state index is 4.45. The smallest absolute Gasteiger partial charge is 1.00 e. The van der Waals surface area contributed by atoms with Crippen LogP contribution in [-0.4, -0.2) is 38.2 Å². The average molecular weight is 382 g/mol. The molecule has 0 amide bonds. The number of nitrogens with zero attached hydrogens (tertiary/aromatic N) is 3. The zero-order valence-corrected chi connectivity index (χ0v) is 15.6. The number of benzene rings is 1. The van der Waals surface area contributed by atoms with Crippen molar-refractivity contribution in [2.24, 2.45) is 0 Å². The van der Waals surface area contributed by atoms with Crippen LogP contribution >= 0.6 is 0 Å². The summed E-state index contributed by atoms with van der Waals surface area (Å²) in [5.41, 5.74) is 6.28. The summed E-state index contributed by atoms with van der Waals surface area (Å²) in [6.07, 6.45) is 4.83. The number of nitrogens with one attached hydrogen (secondary N) is 4. The minimum absolute atomic E-state index is 0. The standard InChI is InChI=1S/C19H19N7.ClH/c1-11-14-8-13(2-3-16(14)26-25-11)23-18-15-9-17(12-4-6-20-7-5-12)24-19(15)22-10-21-18;/h2-4,8-10,20H,5-7H2,1H3,(H,25,26)(H2,21,22,23,24);1H. The van der Waals surface area contributed by atoms with E-state index in [1.54, 1.807) is 6.33 Å². The fourth-order valence-electron chi connectivity index (χ4n) is 3.44. The SMILES string of the molecule is Cc1n[nH]c2ccc(Nc3ncnc4[nH]c(C5=CCNCC5)cc34)cc12.[Cl-].[H+]. The molecule has 4 aromatic rings. The van der Waals surface area contributed by atoms with E-state index < -0.39 is 0 Å². The second-order valence-corrected chi connectivity index (χ2v) is 6.55. The second kappa shape index (κ2) is 7.02. The molecule has 4 heterocycles. The Balaban J connectivity index is 0.00000112. The van der Waals surface area contributed by atoms with Crippen LogP contribution in [-0.2, 0) is 0 Å². The maximum atomic E-state index is 4.45. The molecule has 8 heteroatoms. The van der Waals surface area contributed by atoms with Crippen molar-refractivity contribution in [1.29, 1.82) is 0 Å². The lowest BCUT2D eigenvalue weighted by Crippen LogP contribution is -3.00. The molecule has 0 spiro atoms. The molecule has 4 N–H and O–H groups in total.